The van der Waals surface area contributed by atoms with Gasteiger partial charge in [-0.25, -0.2) is 0 Å². The number of rotatable bonds is 4. The number of hydrogen-bond acceptors (Lipinski definition) is 3. The maximum Gasteiger partial charge on any atom is 0.230 e. The van der Waals surface area contributed by atoms with E-state index in [4.69, 9.17) is 4.74 Å². The summed E-state index contributed by atoms with van der Waals surface area (Å²) in [6.07, 6.45) is 0.164. The lowest BCUT2D eigenvalue weighted by atomic mass is 10.2. The van der Waals surface area contributed by atoms with Crippen LogP contribution in [0.25, 0.3) is 0 Å². The largest absolute Gasteiger partial charge is 0.491 e. The first kappa shape index (κ1) is 12.6. The van der Waals surface area contributed by atoms with Crippen LogP contribution in [0, 0.1) is 0 Å². The number of ketones is 1. The van der Waals surface area contributed by atoms with Crippen molar-refractivity contribution < 1.29 is 14.3 Å². The molecule has 0 unspecified atom stereocenters. The summed E-state index contributed by atoms with van der Waals surface area (Å²) < 4.78 is 5.60. The average molecular weight is 247 g/mol. The predicted octanol–water partition coefficient (Wildman–Crippen LogP) is 1.78. The molecule has 0 aliphatic carbocycles. The highest BCUT2D eigenvalue weighted by Crippen LogP contribution is 2.18. The molecular weight excluding hydrogens is 230 g/mol. The third kappa shape index (κ3) is 3.09. The zero-order valence-electron chi connectivity index (χ0n) is 10.7. The van der Waals surface area contributed by atoms with E-state index in [1.807, 2.05) is 38.1 Å². The Morgan fingerprint density at radius 2 is 2.11 bits per heavy atom. The standard InChI is InChI=1S/C14H17NO3/c1-10(2)18-13-5-3-4-11(6-13)8-15-9-12(16)7-14(15)17/h3-6,10H,7-9H2,1-2H3. The number of likely N-dealkylation sites (tertiary alicyclic amines) is 1. The molecule has 1 saturated heterocycles. The molecule has 4 nitrogen and oxygen atoms in total. The van der Waals surface area contributed by atoms with E-state index in [1.165, 1.54) is 0 Å². The van der Waals surface area contributed by atoms with Crippen molar-refractivity contribution in [1.29, 1.82) is 0 Å². The van der Waals surface area contributed by atoms with Crippen LogP contribution in [0.5, 0.6) is 5.75 Å². The van der Waals surface area contributed by atoms with Crippen molar-refractivity contribution >= 4 is 11.7 Å². The SMILES string of the molecule is CC(C)Oc1cccc(CN2CC(=O)CC2=O)c1. The molecule has 0 aromatic heterocycles. The summed E-state index contributed by atoms with van der Waals surface area (Å²) in [4.78, 5) is 24.3. The van der Waals surface area contributed by atoms with Gasteiger partial charge >= 0.3 is 0 Å². The summed E-state index contributed by atoms with van der Waals surface area (Å²) >= 11 is 0. The number of ether oxygens (including phenoxy) is 1. The van der Waals surface area contributed by atoms with Gasteiger partial charge in [0.05, 0.1) is 19.1 Å². The summed E-state index contributed by atoms with van der Waals surface area (Å²) in [6.45, 7) is 4.64. The molecule has 0 atom stereocenters. The van der Waals surface area contributed by atoms with Crippen molar-refractivity contribution in [1.82, 2.24) is 4.90 Å². The summed E-state index contributed by atoms with van der Waals surface area (Å²) in [5, 5.41) is 0. The van der Waals surface area contributed by atoms with Crippen molar-refractivity contribution in [3.05, 3.63) is 29.8 Å². The van der Waals surface area contributed by atoms with Crippen molar-refractivity contribution in [3.8, 4) is 5.75 Å². The van der Waals surface area contributed by atoms with E-state index in [9.17, 15) is 9.59 Å². The normalized spacial score (nSPS) is 15.6. The highest BCUT2D eigenvalue weighted by Gasteiger charge is 2.27. The molecule has 0 spiro atoms. The number of nitrogens with zero attached hydrogens (tertiary/aromatic N) is 1. The first-order chi connectivity index (χ1) is 8.54. The van der Waals surface area contributed by atoms with Crippen LogP contribution in [0.15, 0.2) is 24.3 Å². The van der Waals surface area contributed by atoms with Gasteiger partial charge in [0.2, 0.25) is 5.91 Å². The third-order valence-corrected chi connectivity index (χ3v) is 2.71. The molecule has 1 aliphatic heterocycles. The first-order valence-corrected chi connectivity index (χ1v) is 6.09. The summed E-state index contributed by atoms with van der Waals surface area (Å²) in [5.74, 6) is 0.699. The molecule has 4 heteroatoms. The third-order valence-electron chi connectivity index (χ3n) is 2.71. The van der Waals surface area contributed by atoms with Gasteiger partial charge in [-0.3, -0.25) is 9.59 Å². The van der Waals surface area contributed by atoms with E-state index in [0.717, 1.165) is 11.3 Å². The maximum absolute atomic E-state index is 11.5. The first-order valence-electron chi connectivity index (χ1n) is 6.09. The molecular formula is C14H17NO3. The van der Waals surface area contributed by atoms with Crippen molar-refractivity contribution in [2.75, 3.05) is 6.54 Å². The Kier molecular flexibility index (Phi) is 3.65. The van der Waals surface area contributed by atoms with E-state index < -0.39 is 0 Å². The minimum atomic E-state index is -0.0878. The molecule has 1 aliphatic rings. The van der Waals surface area contributed by atoms with Crippen LogP contribution in [0.3, 0.4) is 0 Å². The number of carbonyl (C=O) groups excluding carboxylic acids is 2. The van der Waals surface area contributed by atoms with E-state index >= 15 is 0 Å². The van der Waals surface area contributed by atoms with Gasteiger partial charge in [-0.2, -0.15) is 0 Å². The topological polar surface area (TPSA) is 46.6 Å². The van der Waals surface area contributed by atoms with Crippen LogP contribution in [0.4, 0.5) is 0 Å². The van der Waals surface area contributed by atoms with E-state index in [2.05, 4.69) is 0 Å². The molecule has 1 heterocycles. The summed E-state index contributed by atoms with van der Waals surface area (Å²) in [7, 11) is 0. The number of benzene rings is 1. The highest BCUT2D eigenvalue weighted by atomic mass is 16.5. The van der Waals surface area contributed by atoms with Crippen LogP contribution in [0.1, 0.15) is 25.8 Å². The monoisotopic (exact) mass is 247 g/mol. The van der Waals surface area contributed by atoms with Gasteiger partial charge in [0.1, 0.15) is 5.75 Å². The van der Waals surface area contributed by atoms with Gasteiger partial charge in [0.25, 0.3) is 0 Å². The second kappa shape index (κ2) is 5.21. The van der Waals surface area contributed by atoms with Gasteiger partial charge in [-0.15, -0.1) is 0 Å². The lowest BCUT2D eigenvalue weighted by molar-refractivity contribution is -0.128. The maximum atomic E-state index is 11.5. The van der Waals surface area contributed by atoms with Crippen LogP contribution in [-0.2, 0) is 16.1 Å². The Morgan fingerprint density at radius 1 is 1.33 bits per heavy atom. The van der Waals surface area contributed by atoms with Gasteiger partial charge in [-0.05, 0) is 31.5 Å². The van der Waals surface area contributed by atoms with Crippen LogP contribution in [0.2, 0.25) is 0 Å². The van der Waals surface area contributed by atoms with Gasteiger partial charge in [0, 0.05) is 6.54 Å². The Hall–Kier alpha value is -1.84. The molecule has 0 N–H and O–H groups in total. The smallest absolute Gasteiger partial charge is 0.230 e. The van der Waals surface area contributed by atoms with Gasteiger partial charge in [-0.1, -0.05) is 12.1 Å². The van der Waals surface area contributed by atoms with Crippen LogP contribution in [-0.4, -0.2) is 29.2 Å². The average Bonchev–Trinajstić information content (AvgIpc) is 2.57. The molecule has 1 fully saturated rings. The Labute approximate surface area is 107 Å². The Morgan fingerprint density at radius 3 is 2.72 bits per heavy atom. The molecule has 18 heavy (non-hydrogen) atoms. The van der Waals surface area contributed by atoms with Crippen molar-refractivity contribution in [2.24, 2.45) is 0 Å². The molecule has 2 rings (SSSR count). The summed E-state index contributed by atoms with van der Waals surface area (Å²) in [6, 6.07) is 7.63. The van der Waals surface area contributed by atoms with E-state index in [0.29, 0.717) is 6.54 Å². The number of carbonyl (C=O) groups is 2. The van der Waals surface area contributed by atoms with Gasteiger partial charge in [0.15, 0.2) is 5.78 Å². The van der Waals surface area contributed by atoms with Crippen LogP contribution < -0.4 is 4.74 Å². The predicted molar refractivity (Wildman–Crippen MR) is 67.2 cm³/mol. The van der Waals surface area contributed by atoms with E-state index in [1.54, 1.807) is 4.90 Å². The van der Waals surface area contributed by atoms with Crippen molar-refractivity contribution in [2.45, 2.75) is 32.9 Å². The second-order valence-corrected chi connectivity index (χ2v) is 4.78. The lowest BCUT2D eigenvalue weighted by Crippen LogP contribution is -2.24. The van der Waals surface area contributed by atoms with Gasteiger partial charge < -0.3 is 9.64 Å². The number of hydrogen-bond donors (Lipinski definition) is 0. The molecule has 0 bridgehead atoms. The fourth-order valence-electron chi connectivity index (χ4n) is 1.99. The molecule has 1 amide bonds. The van der Waals surface area contributed by atoms with Crippen LogP contribution >= 0.6 is 0 Å². The minimum absolute atomic E-state index is 0.00501. The van der Waals surface area contributed by atoms with Crippen molar-refractivity contribution in [3.63, 3.8) is 0 Å². The lowest BCUT2D eigenvalue weighted by Gasteiger charge is -2.16. The Bertz CT molecular complexity index is 468. The zero-order chi connectivity index (χ0) is 13.1. The summed E-state index contributed by atoms with van der Waals surface area (Å²) in [5.41, 5.74) is 0.983. The quantitative estimate of drug-likeness (QED) is 0.762. The number of amides is 1. The Balaban J connectivity index is 2.05. The van der Waals surface area contributed by atoms with E-state index in [-0.39, 0.29) is 30.8 Å². The minimum Gasteiger partial charge on any atom is -0.491 e. The number of Topliss-reactive ketones (excluding diaryl/α,β-unsaturated/α-hetero) is 1. The molecule has 0 radical (unpaired) electrons. The highest BCUT2D eigenvalue weighted by molar-refractivity contribution is 6.05. The molecule has 96 valence electrons. The fraction of sp³-hybridized carbons (Fsp3) is 0.429. The molecule has 0 saturated carbocycles. The second-order valence-electron chi connectivity index (χ2n) is 4.78. The fourth-order valence-corrected chi connectivity index (χ4v) is 1.99. The molecule has 1 aromatic rings. The zero-order valence-corrected chi connectivity index (χ0v) is 10.7. The molecule has 1 aromatic carbocycles.